The van der Waals surface area contributed by atoms with Crippen LogP contribution < -0.4 is 4.74 Å². The number of carbonyl (C=O) groups excluding carboxylic acids is 1. The van der Waals surface area contributed by atoms with Gasteiger partial charge >= 0.3 is 5.97 Å². The highest BCUT2D eigenvalue weighted by molar-refractivity contribution is 5.99. The van der Waals surface area contributed by atoms with Crippen molar-refractivity contribution in [3.05, 3.63) is 71.4 Å². The van der Waals surface area contributed by atoms with Crippen LogP contribution in [-0.2, 0) is 4.74 Å². The summed E-state index contributed by atoms with van der Waals surface area (Å²) < 4.78 is 12.7. The molecule has 0 radical (unpaired) electrons. The molecule has 4 heteroatoms. The summed E-state index contributed by atoms with van der Waals surface area (Å²) in [6.07, 6.45) is 0. The van der Waals surface area contributed by atoms with Gasteiger partial charge in [-0.3, -0.25) is 0 Å². The summed E-state index contributed by atoms with van der Waals surface area (Å²) in [5.41, 5.74) is 5.36. The largest absolute Gasteiger partial charge is 0.497 e. The van der Waals surface area contributed by atoms with E-state index in [4.69, 9.17) is 9.47 Å². The topological polar surface area (TPSA) is 40.5 Å². The summed E-state index contributed by atoms with van der Waals surface area (Å²) in [6, 6.07) is 17.8. The monoisotopic (exact) mass is 349 g/mol. The van der Waals surface area contributed by atoms with Crippen LogP contribution in [-0.4, -0.2) is 24.3 Å². The van der Waals surface area contributed by atoms with Crippen LogP contribution in [0.5, 0.6) is 5.75 Å². The first-order valence-electron chi connectivity index (χ1n) is 8.67. The smallest absolute Gasteiger partial charge is 0.340 e. The third kappa shape index (κ3) is 3.10. The molecule has 1 heterocycles. The van der Waals surface area contributed by atoms with Crippen LogP contribution in [0.25, 0.3) is 16.9 Å². The molecular weight excluding hydrogens is 326 g/mol. The minimum absolute atomic E-state index is 0.292. The quantitative estimate of drug-likeness (QED) is 0.612. The average Bonchev–Trinajstić information content (AvgIpc) is 2.94. The van der Waals surface area contributed by atoms with Gasteiger partial charge < -0.3 is 14.0 Å². The van der Waals surface area contributed by atoms with Gasteiger partial charge in [-0.2, -0.15) is 0 Å². The fourth-order valence-electron chi connectivity index (χ4n) is 3.18. The predicted octanol–water partition coefficient (Wildman–Crippen LogP) is 4.95. The second kappa shape index (κ2) is 7.48. The molecule has 0 atom stereocenters. The van der Waals surface area contributed by atoms with Crippen LogP contribution in [0.2, 0.25) is 0 Å². The fourth-order valence-corrected chi connectivity index (χ4v) is 3.18. The maximum absolute atomic E-state index is 12.7. The summed E-state index contributed by atoms with van der Waals surface area (Å²) in [4.78, 5) is 12.7. The Morgan fingerprint density at radius 3 is 2.23 bits per heavy atom. The number of benzene rings is 2. The van der Waals surface area contributed by atoms with E-state index in [0.717, 1.165) is 34.0 Å². The van der Waals surface area contributed by atoms with Gasteiger partial charge in [-0.25, -0.2) is 4.79 Å². The van der Waals surface area contributed by atoms with Crippen molar-refractivity contribution in [1.82, 2.24) is 4.57 Å². The number of esters is 1. The Morgan fingerprint density at radius 2 is 1.65 bits per heavy atom. The number of ether oxygens (including phenoxy) is 2. The number of carbonyl (C=O) groups is 1. The van der Waals surface area contributed by atoms with E-state index in [1.807, 2.05) is 75.4 Å². The summed E-state index contributed by atoms with van der Waals surface area (Å²) in [6.45, 7) is 6.16. The minimum atomic E-state index is -0.292. The number of nitrogens with zero attached hydrogens (tertiary/aromatic N) is 1. The first-order chi connectivity index (χ1) is 12.6. The van der Waals surface area contributed by atoms with Crippen LogP contribution in [0.15, 0.2) is 54.6 Å². The second-order valence-corrected chi connectivity index (χ2v) is 6.05. The van der Waals surface area contributed by atoms with Gasteiger partial charge in [-0.15, -0.1) is 0 Å². The normalized spacial score (nSPS) is 10.6. The molecule has 0 aliphatic rings. The van der Waals surface area contributed by atoms with E-state index in [2.05, 4.69) is 4.57 Å². The molecule has 0 saturated heterocycles. The minimum Gasteiger partial charge on any atom is -0.497 e. The van der Waals surface area contributed by atoms with Crippen molar-refractivity contribution >= 4 is 5.97 Å². The molecule has 1 aromatic heterocycles. The van der Waals surface area contributed by atoms with Crippen molar-refractivity contribution < 1.29 is 14.3 Å². The molecule has 0 N–H and O–H groups in total. The van der Waals surface area contributed by atoms with Crippen molar-refractivity contribution in [2.45, 2.75) is 20.8 Å². The summed E-state index contributed by atoms with van der Waals surface area (Å²) in [7, 11) is 1.65. The lowest BCUT2D eigenvalue weighted by Crippen LogP contribution is -2.08. The van der Waals surface area contributed by atoms with E-state index < -0.39 is 0 Å². The highest BCUT2D eigenvalue weighted by Gasteiger charge is 2.25. The van der Waals surface area contributed by atoms with Crippen molar-refractivity contribution in [2.75, 3.05) is 13.7 Å². The lowest BCUT2D eigenvalue weighted by Gasteiger charge is -2.14. The third-order valence-electron chi connectivity index (χ3n) is 4.57. The molecule has 0 amide bonds. The number of methoxy groups -OCH3 is 1. The van der Waals surface area contributed by atoms with Crippen LogP contribution in [0, 0.1) is 13.8 Å². The summed E-state index contributed by atoms with van der Waals surface area (Å²) in [5.74, 6) is 0.501. The Balaban J connectivity index is 2.29. The SMILES string of the molecule is CCOC(=O)c1c(C)c(C)n(-c2ccc(OC)cc2)c1-c1ccccc1. The van der Waals surface area contributed by atoms with Crippen molar-refractivity contribution in [3.8, 4) is 22.7 Å². The molecule has 0 aliphatic carbocycles. The zero-order valence-corrected chi connectivity index (χ0v) is 15.6. The van der Waals surface area contributed by atoms with E-state index in [1.165, 1.54) is 0 Å². The number of hydrogen-bond acceptors (Lipinski definition) is 3. The Kier molecular flexibility index (Phi) is 5.12. The number of hydrogen-bond donors (Lipinski definition) is 0. The van der Waals surface area contributed by atoms with E-state index in [9.17, 15) is 4.79 Å². The molecular formula is C22H23NO3. The molecule has 0 spiro atoms. The van der Waals surface area contributed by atoms with Crippen molar-refractivity contribution in [1.29, 1.82) is 0 Å². The highest BCUT2D eigenvalue weighted by atomic mass is 16.5. The van der Waals surface area contributed by atoms with E-state index in [1.54, 1.807) is 7.11 Å². The molecule has 0 fully saturated rings. The molecule has 26 heavy (non-hydrogen) atoms. The molecule has 3 aromatic rings. The zero-order chi connectivity index (χ0) is 18.7. The van der Waals surface area contributed by atoms with Crippen LogP contribution in [0.1, 0.15) is 28.5 Å². The molecule has 0 saturated carbocycles. The van der Waals surface area contributed by atoms with Crippen LogP contribution >= 0.6 is 0 Å². The Labute approximate surface area is 154 Å². The first kappa shape index (κ1) is 17.8. The second-order valence-electron chi connectivity index (χ2n) is 6.05. The van der Waals surface area contributed by atoms with Crippen molar-refractivity contribution in [2.24, 2.45) is 0 Å². The molecule has 2 aromatic carbocycles. The first-order valence-corrected chi connectivity index (χ1v) is 8.67. The summed E-state index contributed by atoms with van der Waals surface area (Å²) >= 11 is 0. The van der Waals surface area contributed by atoms with Crippen LogP contribution in [0.3, 0.4) is 0 Å². The number of aromatic nitrogens is 1. The van der Waals surface area contributed by atoms with E-state index in [0.29, 0.717) is 12.2 Å². The van der Waals surface area contributed by atoms with E-state index in [-0.39, 0.29) is 5.97 Å². The predicted molar refractivity (Wildman–Crippen MR) is 103 cm³/mol. The average molecular weight is 349 g/mol. The van der Waals surface area contributed by atoms with Gasteiger partial charge in [0, 0.05) is 11.4 Å². The maximum Gasteiger partial charge on any atom is 0.340 e. The standard InChI is InChI=1S/C22H23NO3/c1-5-26-22(24)20-15(2)16(3)23(18-11-13-19(25-4)14-12-18)21(20)17-9-7-6-8-10-17/h6-14H,5H2,1-4H3. The third-order valence-corrected chi connectivity index (χ3v) is 4.57. The molecule has 4 nitrogen and oxygen atoms in total. The molecule has 0 aliphatic heterocycles. The Bertz CT molecular complexity index is 909. The number of rotatable bonds is 5. The Morgan fingerprint density at radius 1 is 1.00 bits per heavy atom. The molecule has 3 rings (SSSR count). The van der Waals surface area contributed by atoms with Crippen molar-refractivity contribution in [3.63, 3.8) is 0 Å². The molecule has 134 valence electrons. The van der Waals surface area contributed by atoms with Gasteiger partial charge in [-0.05, 0) is 56.2 Å². The van der Waals surface area contributed by atoms with Gasteiger partial charge in [0.15, 0.2) is 0 Å². The van der Waals surface area contributed by atoms with Gasteiger partial charge in [0.2, 0.25) is 0 Å². The lowest BCUT2D eigenvalue weighted by atomic mass is 10.0. The van der Waals surface area contributed by atoms with Gasteiger partial charge in [0.1, 0.15) is 5.75 Å². The fraction of sp³-hybridized carbons (Fsp3) is 0.227. The highest BCUT2D eigenvalue weighted by Crippen LogP contribution is 2.35. The lowest BCUT2D eigenvalue weighted by molar-refractivity contribution is 0.0526. The van der Waals surface area contributed by atoms with Gasteiger partial charge in [-0.1, -0.05) is 30.3 Å². The van der Waals surface area contributed by atoms with Gasteiger partial charge in [0.25, 0.3) is 0 Å². The van der Waals surface area contributed by atoms with E-state index >= 15 is 0 Å². The van der Waals surface area contributed by atoms with Gasteiger partial charge in [0.05, 0.1) is 25.0 Å². The molecule has 0 unspecified atom stereocenters. The molecule has 0 bridgehead atoms. The maximum atomic E-state index is 12.7. The van der Waals surface area contributed by atoms with Crippen LogP contribution in [0.4, 0.5) is 0 Å². The Hall–Kier alpha value is -3.01. The zero-order valence-electron chi connectivity index (χ0n) is 15.6. The summed E-state index contributed by atoms with van der Waals surface area (Å²) in [5, 5.41) is 0.